The molecule has 0 aliphatic heterocycles. The van der Waals surface area contributed by atoms with E-state index in [1.54, 1.807) is 0 Å². The smallest absolute Gasteiger partial charge is 0.0847 e. The molecule has 3 atom stereocenters. The van der Waals surface area contributed by atoms with E-state index in [1.165, 1.54) is 44.9 Å². The van der Waals surface area contributed by atoms with Crippen molar-refractivity contribution in [1.29, 1.82) is 0 Å². The maximum Gasteiger partial charge on any atom is 0.0847 e. The van der Waals surface area contributed by atoms with Gasteiger partial charge in [0, 0.05) is 7.11 Å². The standard InChI is InChI=1S/C18H36N2O/c1-5-14-8-6-7-9-15(14)16(20-19)18(21-4)12-10-17(2,3)11-13-18/h14-16,20H,5-13,19H2,1-4H3. The second-order valence-electron chi connectivity index (χ2n) is 8.19. The van der Waals surface area contributed by atoms with Gasteiger partial charge in [0.2, 0.25) is 0 Å². The Morgan fingerprint density at radius 1 is 1.14 bits per heavy atom. The Bertz CT molecular complexity index is 319. The van der Waals surface area contributed by atoms with Crippen LogP contribution in [0.5, 0.6) is 0 Å². The number of rotatable bonds is 5. The molecule has 21 heavy (non-hydrogen) atoms. The van der Waals surface area contributed by atoms with E-state index < -0.39 is 0 Å². The summed E-state index contributed by atoms with van der Waals surface area (Å²) < 4.78 is 6.13. The Balaban J connectivity index is 2.17. The first-order valence-electron chi connectivity index (χ1n) is 8.99. The summed E-state index contributed by atoms with van der Waals surface area (Å²) in [4.78, 5) is 0. The molecule has 0 spiro atoms. The second-order valence-corrected chi connectivity index (χ2v) is 8.19. The Hall–Kier alpha value is -0.120. The minimum atomic E-state index is -0.0559. The highest BCUT2D eigenvalue weighted by Gasteiger charge is 2.48. The molecule has 2 rings (SSSR count). The van der Waals surface area contributed by atoms with Gasteiger partial charge in [0.05, 0.1) is 11.6 Å². The lowest BCUT2D eigenvalue weighted by molar-refractivity contribution is -0.108. The third-order valence-electron chi connectivity index (χ3n) is 6.52. The van der Waals surface area contributed by atoms with Gasteiger partial charge in [-0.1, -0.05) is 46.5 Å². The van der Waals surface area contributed by atoms with Crippen LogP contribution in [0, 0.1) is 17.3 Å². The van der Waals surface area contributed by atoms with Gasteiger partial charge in [-0.15, -0.1) is 0 Å². The maximum absolute atomic E-state index is 6.13. The van der Waals surface area contributed by atoms with Crippen LogP contribution < -0.4 is 11.3 Å². The Morgan fingerprint density at radius 3 is 2.29 bits per heavy atom. The molecular weight excluding hydrogens is 260 g/mol. The van der Waals surface area contributed by atoms with Crippen LogP contribution in [-0.4, -0.2) is 18.8 Å². The molecule has 0 aromatic carbocycles. The van der Waals surface area contributed by atoms with Crippen molar-refractivity contribution in [2.45, 2.75) is 90.2 Å². The van der Waals surface area contributed by atoms with Gasteiger partial charge >= 0.3 is 0 Å². The first-order valence-corrected chi connectivity index (χ1v) is 8.99. The molecule has 3 heteroatoms. The predicted octanol–water partition coefficient (Wildman–Crippen LogP) is 4.02. The highest BCUT2D eigenvalue weighted by atomic mass is 16.5. The van der Waals surface area contributed by atoms with E-state index in [0.717, 1.165) is 18.8 Å². The van der Waals surface area contributed by atoms with Gasteiger partial charge in [-0.3, -0.25) is 11.3 Å². The van der Waals surface area contributed by atoms with E-state index in [0.29, 0.717) is 17.4 Å². The molecule has 0 aromatic rings. The van der Waals surface area contributed by atoms with E-state index >= 15 is 0 Å². The number of methoxy groups -OCH3 is 1. The summed E-state index contributed by atoms with van der Waals surface area (Å²) in [5.74, 6) is 7.53. The van der Waals surface area contributed by atoms with Crippen LogP contribution in [0.4, 0.5) is 0 Å². The van der Waals surface area contributed by atoms with Crippen LogP contribution in [0.25, 0.3) is 0 Å². The molecule has 0 aromatic heterocycles. The summed E-state index contributed by atoms with van der Waals surface area (Å²) in [6.07, 6.45) is 11.4. The lowest BCUT2D eigenvalue weighted by Crippen LogP contribution is -2.61. The van der Waals surface area contributed by atoms with Crippen molar-refractivity contribution >= 4 is 0 Å². The van der Waals surface area contributed by atoms with Crippen molar-refractivity contribution in [3.8, 4) is 0 Å². The third kappa shape index (κ3) is 3.62. The Labute approximate surface area is 131 Å². The van der Waals surface area contributed by atoms with Crippen LogP contribution >= 0.6 is 0 Å². The molecule has 3 N–H and O–H groups in total. The fourth-order valence-electron chi connectivity index (χ4n) is 4.84. The normalized spacial score (nSPS) is 33.6. The number of hydrogen-bond acceptors (Lipinski definition) is 3. The zero-order valence-electron chi connectivity index (χ0n) is 14.6. The van der Waals surface area contributed by atoms with Gasteiger partial charge in [0.25, 0.3) is 0 Å². The number of nitrogens with two attached hydrogens (primary N) is 1. The van der Waals surface area contributed by atoms with Crippen LogP contribution in [0.15, 0.2) is 0 Å². The van der Waals surface area contributed by atoms with Crippen molar-refractivity contribution in [3.05, 3.63) is 0 Å². The zero-order valence-corrected chi connectivity index (χ0v) is 14.6. The molecule has 0 bridgehead atoms. The van der Waals surface area contributed by atoms with Gasteiger partial charge in [0.1, 0.15) is 0 Å². The first kappa shape index (κ1) is 17.2. The van der Waals surface area contributed by atoms with Crippen LogP contribution in [0.3, 0.4) is 0 Å². The maximum atomic E-state index is 6.13. The minimum absolute atomic E-state index is 0.0559. The number of nitrogens with one attached hydrogen (secondary N) is 1. The molecule has 3 unspecified atom stereocenters. The fraction of sp³-hybridized carbons (Fsp3) is 1.00. The molecule has 0 saturated heterocycles. The van der Waals surface area contributed by atoms with Gasteiger partial charge in [-0.2, -0.15) is 0 Å². The summed E-state index contributed by atoms with van der Waals surface area (Å²) in [6, 6.07) is 0.309. The lowest BCUT2D eigenvalue weighted by Gasteiger charge is -2.51. The summed E-state index contributed by atoms with van der Waals surface area (Å²) in [5, 5.41) is 0. The summed E-state index contributed by atoms with van der Waals surface area (Å²) >= 11 is 0. The lowest BCUT2D eigenvalue weighted by atomic mass is 9.62. The fourth-order valence-corrected chi connectivity index (χ4v) is 4.84. The molecule has 2 aliphatic carbocycles. The van der Waals surface area contributed by atoms with Crippen molar-refractivity contribution in [3.63, 3.8) is 0 Å². The summed E-state index contributed by atoms with van der Waals surface area (Å²) in [7, 11) is 1.90. The van der Waals surface area contributed by atoms with Gasteiger partial charge in [0.15, 0.2) is 0 Å². The SMILES string of the molecule is CCC1CCCCC1C(NN)C1(OC)CCC(C)(C)CC1. The highest BCUT2D eigenvalue weighted by molar-refractivity contribution is 5.02. The quantitative estimate of drug-likeness (QED) is 0.595. The van der Waals surface area contributed by atoms with E-state index in [2.05, 4.69) is 26.2 Å². The Kier molecular flexibility index (Phi) is 5.72. The number of hydrazine groups is 1. The molecular formula is C18H36N2O. The minimum Gasteiger partial charge on any atom is -0.377 e. The molecule has 124 valence electrons. The van der Waals surface area contributed by atoms with Gasteiger partial charge < -0.3 is 4.74 Å². The average Bonchev–Trinajstić information content (AvgIpc) is 2.50. The number of hydrogen-bond donors (Lipinski definition) is 2. The van der Waals surface area contributed by atoms with Gasteiger partial charge in [-0.25, -0.2) is 0 Å². The van der Waals surface area contributed by atoms with Crippen molar-refractivity contribution in [2.75, 3.05) is 7.11 Å². The second kappa shape index (κ2) is 6.97. The highest BCUT2D eigenvalue weighted by Crippen LogP contribution is 2.47. The molecule has 2 fully saturated rings. The monoisotopic (exact) mass is 296 g/mol. The van der Waals surface area contributed by atoms with E-state index in [9.17, 15) is 0 Å². The Morgan fingerprint density at radius 2 is 1.76 bits per heavy atom. The average molecular weight is 296 g/mol. The molecule has 3 nitrogen and oxygen atoms in total. The van der Waals surface area contributed by atoms with E-state index in [4.69, 9.17) is 10.6 Å². The molecule has 2 saturated carbocycles. The van der Waals surface area contributed by atoms with Gasteiger partial charge in [-0.05, 0) is 49.4 Å². The molecule has 0 amide bonds. The van der Waals surface area contributed by atoms with Crippen LogP contribution in [0.2, 0.25) is 0 Å². The third-order valence-corrected chi connectivity index (χ3v) is 6.52. The summed E-state index contributed by atoms with van der Waals surface area (Å²) in [6.45, 7) is 7.10. The topological polar surface area (TPSA) is 47.3 Å². The van der Waals surface area contributed by atoms with Crippen molar-refractivity contribution < 1.29 is 4.74 Å². The predicted molar refractivity (Wildman–Crippen MR) is 88.8 cm³/mol. The van der Waals surface area contributed by atoms with Crippen LogP contribution in [0.1, 0.15) is 78.6 Å². The summed E-state index contributed by atoms with van der Waals surface area (Å²) in [5.41, 5.74) is 3.60. The number of ether oxygens (including phenoxy) is 1. The van der Waals surface area contributed by atoms with Crippen molar-refractivity contribution in [2.24, 2.45) is 23.1 Å². The first-order chi connectivity index (χ1) is 9.98. The van der Waals surface area contributed by atoms with E-state index in [-0.39, 0.29) is 5.60 Å². The molecule has 0 radical (unpaired) electrons. The van der Waals surface area contributed by atoms with E-state index in [1.807, 2.05) is 7.11 Å². The molecule has 2 aliphatic rings. The zero-order chi connectivity index (χ0) is 15.5. The molecule has 0 heterocycles. The van der Waals surface area contributed by atoms with Crippen LogP contribution in [-0.2, 0) is 4.74 Å². The largest absolute Gasteiger partial charge is 0.377 e. The van der Waals surface area contributed by atoms with Crippen molar-refractivity contribution in [1.82, 2.24) is 5.43 Å².